The molecule has 0 radical (unpaired) electrons. The molecule has 6 nitrogen and oxygen atoms in total. The Balaban J connectivity index is 0.00000144. The topological polar surface area (TPSA) is 71.4 Å². The van der Waals surface area contributed by atoms with E-state index in [1.807, 2.05) is 0 Å². The number of nitrogens with zero attached hydrogens (tertiary/aromatic N) is 4. The maximum atomic E-state index is 5.49. The van der Waals surface area contributed by atoms with E-state index >= 15 is 0 Å². The first kappa shape index (κ1) is 20.7. The van der Waals surface area contributed by atoms with Gasteiger partial charge in [-0.2, -0.15) is 4.98 Å². The van der Waals surface area contributed by atoms with Gasteiger partial charge in [0, 0.05) is 31.9 Å². The third-order valence-electron chi connectivity index (χ3n) is 4.32. The zero-order valence-corrected chi connectivity index (χ0v) is 15.4. The van der Waals surface area contributed by atoms with E-state index in [2.05, 4.69) is 57.3 Å². The molecule has 2 N–H and O–H groups in total. The summed E-state index contributed by atoms with van der Waals surface area (Å²) in [7, 11) is 2.18. The summed E-state index contributed by atoms with van der Waals surface area (Å²) in [5.41, 5.74) is 6.77. The first-order valence-electron chi connectivity index (χ1n) is 7.78. The van der Waals surface area contributed by atoms with Crippen LogP contribution < -0.4 is 10.6 Å². The van der Waals surface area contributed by atoms with Gasteiger partial charge in [-0.05, 0) is 25.0 Å². The van der Waals surface area contributed by atoms with Crippen molar-refractivity contribution >= 4 is 30.5 Å². The van der Waals surface area contributed by atoms with E-state index in [1.165, 1.54) is 5.69 Å². The number of halogens is 2. The molecule has 8 heteroatoms. The van der Waals surface area contributed by atoms with Crippen LogP contribution in [0.4, 0.5) is 5.69 Å². The molecule has 0 atom stereocenters. The SMILES string of the molecule is CN(c1ccccc1)C1CCN(Cc2noc(CN)n2)CC1.Cl.Cl. The van der Waals surface area contributed by atoms with Gasteiger partial charge < -0.3 is 15.2 Å². The Hall–Kier alpha value is -1.34. The van der Waals surface area contributed by atoms with Crippen molar-refractivity contribution in [2.24, 2.45) is 5.73 Å². The van der Waals surface area contributed by atoms with E-state index in [4.69, 9.17) is 10.3 Å². The minimum absolute atomic E-state index is 0. The summed E-state index contributed by atoms with van der Waals surface area (Å²) in [6.07, 6.45) is 2.29. The Kier molecular flexibility index (Phi) is 8.48. The van der Waals surface area contributed by atoms with Crippen molar-refractivity contribution in [3.05, 3.63) is 42.0 Å². The lowest BCUT2D eigenvalue weighted by Crippen LogP contribution is -2.43. The number of aromatic nitrogens is 2. The van der Waals surface area contributed by atoms with E-state index in [1.54, 1.807) is 0 Å². The number of hydrogen-bond donors (Lipinski definition) is 1. The van der Waals surface area contributed by atoms with Crippen LogP contribution in [-0.4, -0.2) is 41.2 Å². The summed E-state index contributed by atoms with van der Waals surface area (Å²) in [5.74, 6) is 1.24. The van der Waals surface area contributed by atoms with Crippen LogP contribution in [0.3, 0.4) is 0 Å². The predicted molar refractivity (Wildman–Crippen MR) is 99.8 cm³/mol. The minimum atomic E-state index is 0. The molecule has 24 heavy (non-hydrogen) atoms. The lowest BCUT2D eigenvalue weighted by atomic mass is 10.0. The largest absolute Gasteiger partial charge is 0.372 e. The van der Waals surface area contributed by atoms with Gasteiger partial charge in [0.05, 0.1) is 13.1 Å². The molecule has 134 valence electrons. The number of para-hydroxylation sites is 1. The third-order valence-corrected chi connectivity index (χ3v) is 4.32. The molecule has 3 rings (SSSR count). The molecular weight excluding hydrogens is 349 g/mol. The van der Waals surface area contributed by atoms with Crippen molar-refractivity contribution in [3.8, 4) is 0 Å². The van der Waals surface area contributed by atoms with Crippen molar-refractivity contribution in [1.82, 2.24) is 15.0 Å². The quantitative estimate of drug-likeness (QED) is 0.867. The number of hydrogen-bond acceptors (Lipinski definition) is 6. The molecule has 1 aromatic carbocycles. The molecule has 0 saturated carbocycles. The molecule has 1 aliphatic heterocycles. The number of likely N-dealkylation sites (tertiary alicyclic amines) is 1. The summed E-state index contributed by atoms with van der Waals surface area (Å²) < 4.78 is 5.05. The molecule has 0 spiro atoms. The highest BCUT2D eigenvalue weighted by Crippen LogP contribution is 2.22. The van der Waals surface area contributed by atoms with Gasteiger partial charge >= 0.3 is 0 Å². The smallest absolute Gasteiger partial charge is 0.240 e. The molecule has 0 aliphatic carbocycles. The van der Waals surface area contributed by atoms with E-state index in [0.29, 0.717) is 18.5 Å². The fourth-order valence-electron chi connectivity index (χ4n) is 2.98. The summed E-state index contributed by atoms with van der Waals surface area (Å²) in [5, 5.41) is 3.96. The molecule has 2 aromatic rings. The van der Waals surface area contributed by atoms with Crippen LogP contribution in [0.1, 0.15) is 24.6 Å². The second kappa shape index (κ2) is 9.84. The van der Waals surface area contributed by atoms with Crippen LogP contribution in [0.5, 0.6) is 0 Å². The van der Waals surface area contributed by atoms with Gasteiger partial charge in [0.2, 0.25) is 5.89 Å². The second-order valence-corrected chi connectivity index (χ2v) is 5.76. The van der Waals surface area contributed by atoms with Gasteiger partial charge in [-0.15, -0.1) is 24.8 Å². The lowest BCUT2D eigenvalue weighted by molar-refractivity contribution is 0.197. The molecule has 1 aliphatic rings. The van der Waals surface area contributed by atoms with Crippen molar-refractivity contribution in [2.45, 2.75) is 32.0 Å². The summed E-state index contributed by atoms with van der Waals surface area (Å²) >= 11 is 0. The fraction of sp³-hybridized carbons (Fsp3) is 0.500. The maximum Gasteiger partial charge on any atom is 0.240 e. The Bertz CT molecular complexity index is 587. The first-order valence-corrected chi connectivity index (χ1v) is 7.78. The van der Waals surface area contributed by atoms with E-state index in [9.17, 15) is 0 Å². The number of anilines is 1. The van der Waals surface area contributed by atoms with Crippen LogP contribution in [0.2, 0.25) is 0 Å². The van der Waals surface area contributed by atoms with Gasteiger partial charge in [0.25, 0.3) is 0 Å². The van der Waals surface area contributed by atoms with Gasteiger partial charge in [0.15, 0.2) is 5.82 Å². The van der Waals surface area contributed by atoms with Gasteiger partial charge in [-0.25, -0.2) is 0 Å². The Morgan fingerprint density at radius 3 is 2.46 bits per heavy atom. The molecule has 2 heterocycles. The number of benzene rings is 1. The minimum Gasteiger partial charge on any atom is -0.372 e. The molecule has 0 unspecified atom stereocenters. The maximum absolute atomic E-state index is 5.49. The van der Waals surface area contributed by atoms with E-state index in [-0.39, 0.29) is 24.8 Å². The zero-order valence-electron chi connectivity index (χ0n) is 13.8. The predicted octanol–water partition coefficient (Wildman–Crippen LogP) is 2.47. The van der Waals surface area contributed by atoms with Crippen LogP contribution in [0, 0.1) is 0 Å². The van der Waals surface area contributed by atoms with Crippen molar-refractivity contribution in [2.75, 3.05) is 25.0 Å². The number of rotatable bonds is 5. The van der Waals surface area contributed by atoms with Crippen LogP contribution in [0.15, 0.2) is 34.9 Å². The highest BCUT2D eigenvalue weighted by atomic mass is 35.5. The summed E-state index contributed by atoms with van der Waals surface area (Å²) in [4.78, 5) is 9.03. The molecule has 1 saturated heterocycles. The van der Waals surface area contributed by atoms with Gasteiger partial charge in [-0.3, -0.25) is 4.90 Å². The fourth-order valence-corrected chi connectivity index (χ4v) is 2.98. The molecular formula is C16H25Cl2N5O. The molecule has 1 fully saturated rings. The van der Waals surface area contributed by atoms with Crippen molar-refractivity contribution < 1.29 is 4.52 Å². The number of piperidine rings is 1. The van der Waals surface area contributed by atoms with Crippen molar-refractivity contribution in [1.29, 1.82) is 0 Å². The van der Waals surface area contributed by atoms with Crippen LogP contribution >= 0.6 is 24.8 Å². The van der Waals surface area contributed by atoms with Gasteiger partial charge in [-0.1, -0.05) is 23.4 Å². The average molecular weight is 374 g/mol. The Morgan fingerprint density at radius 1 is 1.21 bits per heavy atom. The third kappa shape index (κ3) is 5.08. The van der Waals surface area contributed by atoms with Crippen LogP contribution in [0.25, 0.3) is 0 Å². The summed E-state index contributed by atoms with van der Waals surface area (Å²) in [6.45, 7) is 3.14. The zero-order chi connectivity index (χ0) is 15.4. The van der Waals surface area contributed by atoms with Crippen LogP contribution in [-0.2, 0) is 13.1 Å². The number of nitrogens with two attached hydrogens (primary N) is 1. The normalized spacial score (nSPS) is 15.4. The molecule has 0 amide bonds. The monoisotopic (exact) mass is 373 g/mol. The van der Waals surface area contributed by atoms with E-state index < -0.39 is 0 Å². The lowest BCUT2D eigenvalue weighted by Gasteiger charge is -2.37. The second-order valence-electron chi connectivity index (χ2n) is 5.76. The standard InChI is InChI=1S/C16H23N5O.2ClH/c1-20(13-5-3-2-4-6-13)14-7-9-21(10-8-14)12-15-18-16(11-17)22-19-15;;/h2-6,14H,7-12,17H2,1H3;2*1H. The Labute approximate surface area is 155 Å². The Morgan fingerprint density at radius 2 is 1.88 bits per heavy atom. The average Bonchev–Trinajstić information content (AvgIpc) is 3.03. The highest BCUT2D eigenvalue weighted by molar-refractivity contribution is 5.85. The van der Waals surface area contributed by atoms with Crippen molar-refractivity contribution in [3.63, 3.8) is 0 Å². The highest BCUT2D eigenvalue weighted by Gasteiger charge is 2.23. The molecule has 1 aromatic heterocycles. The van der Waals surface area contributed by atoms with Gasteiger partial charge in [0.1, 0.15) is 0 Å². The summed E-state index contributed by atoms with van der Waals surface area (Å²) in [6, 6.07) is 11.2. The van der Waals surface area contributed by atoms with E-state index in [0.717, 1.165) is 38.3 Å². The molecule has 0 bridgehead atoms. The first-order chi connectivity index (χ1) is 10.8.